The van der Waals surface area contributed by atoms with Gasteiger partial charge in [0.25, 0.3) is 11.6 Å². The molecule has 0 aromatic heterocycles. The molecular weight excluding hydrogens is 246 g/mol. The van der Waals surface area contributed by atoms with Gasteiger partial charge in [0, 0.05) is 18.7 Å². The zero-order chi connectivity index (χ0) is 14.0. The van der Waals surface area contributed by atoms with Crippen LogP contribution in [0.3, 0.4) is 0 Å². The van der Waals surface area contributed by atoms with Crippen LogP contribution in [0.15, 0.2) is 24.3 Å². The fraction of sp³-hybridized carbons (Fsp3) is 0.462. The van der Waals surface area contributed by atoms with Gasteiger partial charge in [0.05, 0.1) is 4.92 Å². The molecule has 1 aromatic rings. The van der Waals surface area contributed by atoms with Crippen molar-refractivity contribution in [1.29, 1.82) is 0 Å². The van der Waals surface area contributed by atoms with Gasteiger partial charge in [-0.3, -0.25) is 14.9 Å². The Labute approximate surface area is 111 Å². The summed E-state index contributed by atoms with van der Waals surface area (Å²) in [5.41, 5.74) is 5.64. The van der Waals surface area contributed by atoms with E-state index in [1.807, 2.05) is 6.92 Å². The lowest BCUT2D eigenvalue weighted by atomic mass is 10.1. The van der Waals surface area contributed by atoms with E-state index in [1.165, 1.54) is 12.1 Å². The van der Waals surface area contributed by atoms with Crippen molar-refractivity contribution in [2.45, 2.75) is 19.4 Å². The Morgan fingerprint density at radius 1 is 1.53 bits per heavy atom. The van der Waals surface area contributed by atoms with Crippen molar-refractivity contribution in [1.82, 2.24) is 4.90 Å². The van der Waals surface area contributed by atoms with Crippen LogP contribution in [0.25, 0.3) is 0 Å². The summed E-state index contributed by atoms with van der Waals surface area (Å²) in [4.78, 5) is 24.5. The Balaban J connectivity index is 2.28. The Morgan fingerprint density at radius 3 is 2.79 bits per heavy atom. The number of nitrogens with two attached hydrogens (primary N) is 1. The van der Waals surface area contributed by atoms with E-state index in [-0.39, 0.29) is 29.1 Å². The number of nitro groups is 1. The molecule has 19 heavy (non-hydrogen) atoms. The summed E-state index contributed by atoms with van der Waals surface area (Å²) < 4.78 is 0. The normalized spacial score (nSPS) is 22.5. The van der Waals surface area contributed by atoms with E-state index < -0.39 is 4.92 Å². The molecule has 6 heteroatoms. The van der Waals surface area contributed by atoms with Crippen molar-refractivity contribution in [2.75, 3.05) is 13.1 Å². The van der Waals surface area contributed by atoms with Gasteiger partial charge in [-0.25, -0.2) is 0 Å². The molecule has 1 fully saturated rings. The molecule has 1 heterocycles. The molecule has 6 nitrogen and oxygen atoms in total. The summed E-state index contributed by atoms with van der Waals surface area (Å²) >= 11 is 0. The van der Waals surface area contributed by atoms with Gasteiger partial charge in [0.1, 0.15) is 5.56 Å². The average Bonchev–Trinajstić information content (AvgIpc) is 2.79. The quantitative estimate of drug-likeness (QED) is 0.659. The van der Waals surface area contributed by atoms with Gasteiger partial charge in [-0.2, -0.15) is 0 Å². The minimum atomic E-state index is -0.519. The van der Waals surface area contributed by atoms with Crippen molar-refractivity contribution in [2.24, 2.45) is 11.7 Å². The van der Waals surface area contributed by atoms with E-state index in [4.69, 9.17) is 5.73 Å². The third-order valence-corrected chi connectivity index (χ3v) is 3.59. The molecular formula is C13H17N3O3. The van der Waals surface area contributed by atoms with E-state index in [0.29, 0.717) is 13.1 Å². The predicted molar refractivity (Wildman–Crippen MR) is 70.8 cm³/mol. The minimum absolute atomic E-state index is 0.0702. The third kappa shape index (κ3) is 2.58. The number of para-hydroxylation sites is 1. The number of rotatable bonds is 3. The maximum absolute atomic E-state index is 12.4. The highest BCUT2D eigenvalue weighted by atomic mass is 16.6. The number of nitrogens with zero attached hydrogens (tertiary/aromatic N) is 2. The van der Waals surface area contributed by atoms with Crippen molar-refractivity contribution < 1.29 is 9.72 Å². The molecule has 2 N–H and O–H groups in total. The largest absolute Gasteiger partial charge is 0.335 e. The summed E-state index contributed by atoms with van der Waals surface area (Å²) in [5, 5.41) is 11.0. The van der Waals surface area contributed by atoms with Gasteiger partial charge < -0.3 is 10.6 Å². The van der Waals surface area contributed by atoms with E-state index in [1.54, 1.807) is 17.0 Å². The Hall–Kier alpha value is -1.95. The molecule has 1 aliphatic heterocycles. The number of hydrogen-bond donors (Lipinski definition) is 1. The molecule has 2 unspecified atom stereocenters. The summed E-state index contributed by atoms with van der Waals surface area (Å²) in [6, 6.07) is 6.13. The number of nitro benzene ring substituents is 1. The zero-order valence-electron chi connectivity index (χ0n) is 10.8. The van der Waals surface area contributed by atoms with Crippen LogP contribution in [0.2, 0.25) is 0 Å². The van der Waals surface area contributed by atoms with Gasteiger partial charge in [0.15, 0.2) is 0 Å². The van der Waals surface area contributed by atoms with Crippen LogP contribution in [-0.4, -0.2) is 34.9 Å². The summed E-state index contributed by atoms with van der Waals surface area (Å²) in [7, 11) is 0. The Morgan fingerprint density at radius 2 is 2.21 bits per heavy atom. The third-order valence-electron chi connectivity index (χ3n) is 3.59. The lowest BCUT2D eigenvalue weighted by Gasteiger charge is -2.21. The number of carbonyl (C=O) groups is 1. The van der Waals surface area contributed by atoms with Crippen molar-refractivity contribution >= 4 is 11.6 Å². The molecule has 1 saturated heterocycles. The molecule has 0 radical (unpaired) electrons. The Bertz CT molecular complexity index is 504. The molecule has 2 atom stereocenters. The molecule has 0 spiro atoms. The first kappa shape index (κ1) is 13.5. The zero-order valence-corrected chi connectivity index (χ0v) is 10.8. The van der Waals surface area contributed by atoms with Gasteiger partial charge in [-0.05, 0) is 31.9 Å². The first-order chi connectivity index (χ1) is 9.04. The number of carbonyl (C=O) groups excluding carboxylic acids is 1. The Kier molecular flexibility index (Phi) is 3.80. The van der Waals surface area contributed by atoms with E-state index in [0.717, 1.165) is 6.42 Å². The lowest BCUT2D eigenvalue weighted by Crippen LogP contribution is -2.34. The molecule has 1 aliphatic rings. The second-order valence-corrected chi connectivity index (χ2v) is 4.92. The highest BCUT2D eigenvalue weighted by Gasteiger charge is 2.34. The second kappa shape index (κ2) is 5.36. The SMILES string of the molecule is CC1CC(CN)CN1C(=O)c1ccccc1[N+](=O)[O-]. The molecule has 0 saturated carbocycles. The van der Waals surface area contributed by atoms with E-state index in [9.17, 15) is 14.9 Å². The molecule has 102 valence electrons. The highest BCUT2D eigenvalue weighted by molar-refractivity contribution is 5.98. The van der Waals surface area contributed by atoms with Crippen LogP contribution in [0.4, 0.5) is 5.69 Å². The standard InChI is InChI=1S/C13H17N3O3/c1-9-6-10(7-14)8-15(9)13(17)11-4-2-3-5-12(11)16(18)19/h2-5,9-10H,6-8,14H2,1H3. The summed E-state index contributed by atoms with van der Waals surface area (Å²) in [5.74, 6) is -0.00234. The number of likely N-dealkylation sites (tertiary alicyclic amines) is 1. The first-order valence-electron chi connectivity index (χ1n) is 6.29. The molecule has 2 rings (SSSR count). The van der Waals surface area contributed by atoms with Crippen molar-refractivity contribution in [3.8, 4) is 0 Å². The van der Waals surface area contributed by atoms with Crippen LogP contribution in [-0.2, 0) is 0 Å². The van der Waals surface area contributed by atoms with E-state index in [2.05, 4.69) is 0 Å². The monoisotopic (exact) mass is 263 g/mol. The van der Waals surface area contributed by atoms with Crippen LogP contribution >= 0.6 is 0 Å². The second-order valence-electron chi connectivity index (χ2n) is 4.92. The number of amides is 1. The maximum Gasteiger partial charge on any atom is 0.282 e. The summed E-state index contributed by atoms with van der Waals surface area (Å²) in [6.07, 6.45) is 0.850. The number of hydrogen-bond acceptors (Lipinski definition) is 4. The fourth-order valence-electron chi connectivity index (χ4n) is 2.56. The van der Waals surface area contributed by atoms with Crippen LogP contribution in [0, 0.1) is 16.0 Å². The van der Waals surface area contributed by atoms with Gasteiger partial charge in [-0.1, -0.05) is 12.1 Å². The van der Waals surface area contributed by atoms with Gasteiger partial charge in [0.2, 0.25) is 0 Å². The molecule has 0 bridgehead atoms. The fourth-order valence-corrected chi connectivity index (χ4v) is 2.56. The number of benzene rings is 1. The van der Waals surface area contributed by atoms with Crippen LogP contribution in [0.1, 0.15) is 23.7 Å². The van der Waals surface area contributed by atoms with Crippen molar-refractivity contribution in [3.63, 3.8) is 0 Å². The van der Waals surface area contributed by atoms with Gasteiger partial charge in [-0.15, -0.1) is 0 Å². The first-order valence-corrected chi connectivity index (χ1v) is 6.29. The lowest BCUT2D eigenvalue weighted by molar-refractivity contribution is -0.385. The maximum atomic E-state index is 12.4. The molecule has 1 amide bonds. The molecule has 0 aliphatic carbocycles. The minimum Gasteiger partial charge on any atom is -0.335 e. The van der Waals surface area contributed by atoms with Crippen molar-refractivity contribution in [3.05, 3.63) is 39.9 Å². The smallest absolute Gasteiger partial charge is 0.282 e. The molecule has 1 aromatic carbocycles. The van der Waals surface area contributed by atoms with Crippen LogP contribution < -0.4 is 5.73 Å². The summed E-state index contributed by atoms with van der Waals surface area (Å²) in [6.45, 7) is 3.05. The topological polar surface area (TPSA) is 89.5 Å². The average molecular weight is 263 g/mol. The predicted octanol–water partition coefficient (Wildman–Crippen LogP) is 1.40. The van der Waals surface area contributed by atoms with E-state index >= 15 is 0 Å². The van der Waals surface area contributed by atoms with Crippen LogP contribution in [0.5, 0.6) is 0 Å². The highest BCUT2D eigenvalue weighted by Crippen LogP contribution is 2.27. The van der Waals surface area contributed by atoms with Gasteiger partial charge >= 0.3 is 0 Å².